The van der Waals surface area contributed by atoms with Crippen LogP contribution in [0.3, 0.4) is 0 Å². The van der Waals surface area contributed by atoms with Crippen LogP contribution < -0.4 is 0 Å². The first kappa shape index (κ1) is 30.2. The number of aromatic nitrogens is 2. The summed E-state index contributed by atoms with van der Waals surface area (Å²) in [5.41, 5.74) is 0.656. The normalized spacial score (nSPS) is 13.4. The second kappa shape index (κ2) is 17.6. The summed E-state index contributed by atoms with van der Waals surface area (Å²) in [4.78, 5) is 27.0. The first-order valence-electron chi connectivity index (χ1n) is 12.8. The maximum Gasteiger partial charge on any atom is 0.354 e. The number of hydrogen-bond donors (Lipinski definition) is 3. The molecule has 8 heteroatoms. The molecule has 2 unspecified atom stereocenters. The van der Waals surface area contributed by atoms with Gasteiger partial charge < -0.3 is 19.9 Å². The number of aliphatic hydroxyl groups excluding tert-OH is 1. The lowest BCUT2D eigenvalue weighted by Gasteiger charge is -2.18. The highest BCUT2D eigenvalue weighted by Crippen LogP contribution is 2.29. The van der Waals surface area contributed by atoms with Crippen LogP contribution in [0.2, 0.25) is 0 Å². The van der Waals surface area contributed by atoms with Gasteiger partial charge in [0.1, 0.15) is 0 Å². The van der Waals surface area contributed by atoms with Gasteiger partial charge in [-0.2, -0.15) is 0 Å². The molecule has 7 nitrogen and oxygen atoms in total. The Bertz CT molecular complexity index is 763. The fourth-order valence-corrected chi connectivity index (χ4v) is 5.07. The van der Waals surface area contributed by atoms with Crippen molar-refractivity contribution in [2.75, 3.05) is 0 Å². The van der Waals surface area contributed by atoms with E-state index >= 15 is 0 Å². The summed E-state index contributed by atoms with van der Waals surface area (Å²) in [7, 11) is 1.66. The maximum atomic E-state index is 11.6. The van der Waals surface area contributed by atoms with Crippen LogP contribution in [0.1, 0.15) is 114 Å². The minimum Gasteiger partial charge on any atom is -0.481 e. The molecule has 1 aromatic rings. The summed E-state index contributed by atoms with van der Waals surface area (Å²) < 4.78 is 1.54. The zero-order valence-electron chi connectivity index (χ0n) is 21.2. The van der Waals surface area contributed by atoms with Crippen molar-refractivity contribution in [3.05, 3.63) is 23.5 Å². The van der Waals surface area contributed by atoms with Gasteiger partial charge in [0, 0.05) is 13.5 Å². The number of unbranched alkanes of at least 4 members (excludes halogenated alkanes) is 10. The molecule has 0 spiro atoms. The molecule has 1 aromatic heterocycles. The van der Waals surface area contributed by atoms with Crippen molar-refractivity contribution in [3.63, 3.8) is 0 Å². The first-order chi connectivity index (χ1) is 16.3. The molecule has 0 saturated carbocycles. The number of thioether (sulfide) groups is 1. The molecule has 34 heavy (non-hydrogen) atoms. The SMILES string of the molecule is CCCCCCCCCCCC/C=C\C(Sc1nc(CC)c(C(=O)O)n1C)C(O)CCC(=O)O. The van der Waals surface area contributed by atoms with Gasteiger partial charge in [-0.3, -0.25) is 4.79 Å². The predicted octanol–water partition coefficient (Wildman–Crippen LogP) is 6.23. The van der Waals surface area contributed by atoms with Crippen LogP contribution in [-0.2, 0) is 18.3 Å². The van der Waals surface area contributed by atoms with E-state index in [-0.39, 0.29) is 18.5 Å². The summed E-state index contributed by atoms with van der Waals surface area (Å²) >= 11 is 1.28. The number of aromatic carboxylic acids is 1. The largest absolute Gasteiger partial charge is 0.481 e. The zero-order chi connectivity index (χ0) is 25.3. The van der Waals surface area contributed by atoms with Crippen molar-refractivity contribution in [2.45, 2.75) is 120 Å². The number of carboxylic acids is 2. The molecule has 0 aliphatic heterocycles. The fourth-order valence-electron chi connectivity index (χ4n) is 3.93. The van der Waals surface area contributed by atoms with Crippen molar-refractivity contribution >= 4 is 23.7 Å². The van der Waals surface area contributed by atoms with Gasteiger partial charge in [-0.1, -0.05) is 95.5 Å². The highest BCUT2D eigenvalue weighted by atomic mass is 32.2. The number of carbonyl (C=O) groups is 2. The second-order valence-corrected chi connectivity index (χ2v) is 10.0. The molecule has 1 heterocycles. The number of hydrogen-bond acceptors (Lipinski definition) is 5. The van der Waals surface area contributed by atoms with Crippen LogP contribution in [0.4, 0.5) is 0 Å². The Kier molecular flexibility index (Phi) is 15.7. The van der Waals surface area contributed by atoms with Crippen LogP contribution in [0.25, 0.3) is 0 Å². The van der Waals surface area contributed by atoms with Gasteiger partial charge in [0.15, 0.2) is 10.9 Å². The van der Waals surface area contributed by atoms with Crippen molar-refractivity contribution in [1.29, 1.82) is 0 Å². The second-order valence-electron chi connectivity index (χ2n) is 8.89. The fraction of sp³-hybridized carbons (Fsp3) is 0.731. The average Bonchev–Trinajstić information content (AvgIpc) is 3.12. The van der Waals surface area contributed by atoms with Crippen LogP contribution in [0, 0.1) is 0 Å². The van der Waals surface area contributed by atoms with Gasteiger partial charge in [-0.05, 0) is 25.7 Å². The molecule has 0 bridgehead atoms. The molecule has 0 amide bonds. The minimum atomic E-state index is -1.03. The number of nitrogens with zero attached hydrogens (tertiary/aromatic N) is 2. The molecule has 0 fully saturated rings. The number of aliphatic carboxylic acids is 1. The van der Waals surface area contributed by atoms with Crippen LogP contribution in [0.15, 0.2) is 17.3 Å². The van der Waals surface area contributed by atoms with Crippen molar-refractivity contribution in [2.24, 2.45) is 7.05 Å². The van der Waals surface area contributed by atoms with E-state index in [2.05, 4.69) is 11.9 Å². The number of allylic oxidation sites excluding steroid dienone is 1. The van der Waals surface area contributed by atoms with Crippen molar-refractivity contribution < 1.29 is 24.9 Å². The highest BCUT2D eigenvalue weighted by molar-refractivity contribution is 8.00. The molecule has 2 atom stereocenters. The Morgan fingerprint density at radius 2 is 1.59 bits per heavy atom. The smallest absolute Gasteiger partial charge is 0.354 e. The monoisotopic (exact) mass is 496 g/mol. The van der Waals surface area contributed by atoms with Crippen LogP contribution in [0.5, 0.6) is 0 Å². The van der Waals surface area contributed by atoms with Gasteiger partial charge in [-0.25, -0.2) is 9.78 Å². The third-order valence-electron chi connectivity index (χ3n) is 5.99. The number of aryl methyl sites for hydroxylation is 1. The topological polar surface area (TPSA) is 113 Å². The number of imidazole rings is 1. The Labute approximate surface area is 209 Å². The van der Waals surface area contributed by atoms with Crippen molar-refractivity contribution in [3.8, 4) is 0 Å². The highest BCUT2D eigenvalue weighted by Gasteiger charge is 2.25. The molecule has 3 N–H and O–H groups in total. The third-order valence-corrected chi connectivity index (χ3v) is 7.31. The van der Waals surface area contributed by atoms with E-state index in [9.17, 15) is 19.8 Å². The first-order valence-corrected chi connectivity index (χ1v) is 13.7. The summed E-state index contributed by atoms with van der Waals surface area (Å²) in [5.74, 6) is -1.98. The Morgan fingerprint density at radius 3 is 2.09 bits per heavy atom. The van der Waals surface area contributed by atoms with Gasteiger partial charge in [0.2, 0.25) is 0 Å². The quantitative estimate of drug-likeness (QED) is 0.111. The van der Waals surface area contributed by atoms with Crippen LogP contribution in [-0.4, -0.2) is 48.2 Å². The predicted molar refractivity (Wildman–Crippen MR) is 138 cm³/mol. The minimum absolute atomic E-state index is 0.119. The summed E-state index contributed by atoms with van der Waals surface area (Å²) in [6.07, 6.45) is 17.3. The van der Waals surface area contributed by atoms with Gasteiger partial charge in [-0.15, -0.1) is 0 Å². The summed E-state index contributed by atoms with van der Waals surface area (Å²) in [6, 6.07) is 0. The van der Waals surface area contributed by atoms with Crippen LogP contribution >= 0.6 is 11.8 Å². The van der Waals surface area contributed by atoms with E-state index in [1.54, 1.807) is 11.6 Å². The van der Waals surface area contributed by atoms with Gasteiger partial charge >= 0.3 is 11.9 Å². The summed E-state index contributed by atoms with van der Waals surface area (Å²) in [5, 5.41) is 29.2. The average molecular weight is 497 g/mol. The van der Waals surface area contributed by atoms with E-state index in [1.807, 2.05) is 19.1 Å². The Hall–Kier alpha value is -1.80. The molecule has 0 radical (unpaired) electrons. The molecule has 194 valence electrons. The van der Waals surface area contributed by atoms with Crippen molar-refractivity contribution in [1.82, 2.24) is 9.55 Å². The number of rotatable bonds is 20. The summed E-state index contributed by atoms with van der Waals surface area (Å²) in [6.45, 7) is 4.09. The Balaban J connectivity index is 2.60. The van der Waals surface area contributed by atoms with E-state index in [1.165, 1.54) is 69.5 Å². The lowest BCUT2D eigenvalue weighted by molar-refractivity contribution is -0.137. The molecule has 0 aliphatic rings. The van der Waals surface area contributed by atoms with E-state index in [0.717, 1.165) is 12.8 Å². The number of carboxylic acid groups (broad SMARTS) is 2. The Morgan fingerprint density at radius 1 is 1.00 bits per heavy atom. The number of aliphatic hydroxyl groups is 1. The third kappa shape index (κ3) is 11.6. The molecular weight excluding hydrogens is 452 g/mol. The lowest BCUT2D eigenvalue weighted by Crippen LogP contribution is -2.23. The van der Waals surface area contributed by atoms with Gasteiger partial charge in [0.05, 0.1) is 17.0 Å². The van der Waals surface area contributed by atoms with E-state index < -0.39 is 23.3 Å². The zero-order valence-corrected chi connectivity index (χ0v) is 22.0. The standard InChI is InChI=1S/C26H44N2O5S/c1-4-6-7-8-9-10-11-12-13-14-15-16-17-22(21(29)18-19-23(30)31)34-26-27-20(5-2)24(25(32)33)28(26)3/h16-17,21-22,29H,4-15,18-19H2,1-3H3,(H,30,31)(H,32,33)/b17-16-. The molecular formula is C26H44N2O5S. The molecule has 1 rings (SSSR count). The van der Waals surface area contributed by atoms with E-state index in [4.69, 9.17) is 5.11 Å². The molecule has 0 aromatic carbocycles. The molecule has 0 aliphatic carbocycles. The molecule has 0 saturated heterocycles. The van der Waals surface area contributed by atoms with Gasteiger partial charge in [0.25, 0.3) is 0 Å². The lowest BCUT2D eigenvalue weighted by atomic mass is 10.1. The van der Waals surface area contributed by atoms with E-state index in [0.29, 0.717) is 17.3 Å². The maximum absolute atomic E-state index is 11.6.